The zero-order valence-corrected chi connectivity index (χ0v) is 15.6. The van der Waals surface area contributed by atoms with Crippen molar-refractivity contribution in [2.24, 2.45) is 0 Å². The molecular formula is C19H19Cl2N3O2. The topological polar surface area (TPSA) is 71.1 Å². The van der Waals surface area contributed by atoms with E-state index in [0.717, 1.165) is 25.7 Å². The summed E-state index contributed by atoms with van der Waals surface area (Å²) >= 11 is 11.9. The molecule has 0 atom stereocenters. The number of anilines is 1. The number of hydrogen-bond acceptors (Lipinski definition) is 3. The van der Waals surface area contributed by atoms with Crippen molar-refractivity contribution in [3.05, 3.63) is 57.8 Å². The van der Waals surface area contributed by atoms with Crippen LogP contribution in [0.2, 0.25) is 10.0 Å². The van der Waals surface area contributed by atoms with Crippen LogP contribution in [-0.4, -0.2) is 22.8 Å². The molecule has 1 aliphatic carbocycles. The van der Waals surface area contributed by atoms with E-state index < -0.39 is 5.91 Å². The molecule has 26 heavy (non-hydrogen) atoms. The summed E-state index contributed by atoms with van der Waals surface area (Å²) in [5.41, 5.74) is 0.991. The summed E-state index contributed by atoms with van der Waals surface area (Å²) in [6, 6.07) is 8.07. The van der Waals surface area contributed by atoms with Crippen molar-refractivity contribution in [2.75, 3.05) is 5.32 Å². The summed E-state index contributed by atoms with van der Waals surface area (Å²) in [4.78, 5) is 28.9. The first-order valence-corrected chi connectivity index (χ1v) is 9.32. The fourth-order valence-electron chi connectivity index (χ4n) is 2.99. The van der Waals surface area contributed by atoms with E-state index in [1.165, 1.54) is 18.7 Å². The molecule has 1 aromatic carbocycles. The van der Waals surface area contributed by atoms with Crippen molar-refractivity contribution >= 4 is 40.7 Å². The Morgan fingerprint density at radius 1 is 1.00 bits per heavy atom. The Labute approximate surface area is 162 Å². The molecule has 0 radical (unpaired) electrons. The zero-order valence-electron chi connectivity index (χ0n) is 14.1. The Balaban J connectivity index is 1.69. The number of carbonyl (C=O) groups excluding carboxylic acids is 2. The minimum atomic E-state index is -0.443. The second-order valence-electron chi connectivity index (χ2n) is 6.32. The second kappa shape index (κ2) is 8.52. The summed E-state index contributed by atoms with van der Waals surface area (Å²) < 4.78 is 0. The molecule has 1 heterocycles. The van der Waals surface area contributed by atoms with E-state index in [2.05, 4.69) is 15.6 Å². The normalized spacial score (nSPS) is 14.7. The minimum Gasteiger partial charge on any atom is -0.349 e. The third-order valence-electron chi connectivity index (χ3n) is 4.37. The van der Waals surface area contributed by atoms with Gasteiger partial charge in [-0.3, -0.25) is 14.6 Å². The maximum Gasteiger partial charge on any atom is 0.274 e. The molecular weight excluding hydrogens is 373 g/mol. The summed E-state index contributed by atoms with van der Waals surface area (Å²) in [7, 11) is 0. The third-order valence-corrected chi connectivity index (χ3v) is 4.92. The molecule has 0 bridgehead atoms. The minimum absolute atomic E-state index is 0.146. The van der Waals surface area contributed by atoms with Crippen LogP contribution in [0.25, 0.3) is 0 Å². The number of nitrogens with zero attached hydrogens (tertiary/aromatic N) is 1. The van der Waals surface area contributed by atoms with Crippen molar-refractivity contribution in [1.29, 1.82) is 0 Å². The highest BCUT2D eigenvalue weighted by Gasteiger charge is 2.18. The van der Waals surface area contributed by atoms with Crippen LogP contribution >= 0.6 is 23.2 Å². The Kier molecular flexibility index (Phi) is 6.12. The third kappa shape index (κ3) is 4.74. The van der Waals surface area contributed by atoms with Gasteiger partial charge in [-0.05, 0) is 43.2 Å². The number of amides is 2. The predicted molar refractivity (Wildman–Crippen MR) is 103 cm³/mol. The van der Waals surface area contributed by atoms with Crippen molar-refractivity contribution in [3.8, 4) is 0 Å². The molecule has 1 aromatic heterocycles. The van der Waals surface area contributed by atoms with Gasteiger partial charge in [0.15, 0.2) is 0 Å². The molecule has 3 rings (SSSR count). The van der Waals surface area contributed by atoms with E-state index in [1.54, 1.807) is 24.3 Å². The van der Waals surface area contributed by atoms with Gasteiger partial charge in [0.1, 0.15) is 5.69 Å². The summed E-state index contributed by atoms with van der Waals surface area (Å²) in [6.07, 6.45) is 6.94. The van der Waals surface area contributed by atoms with Crippen LogP contribution in [0, 0.1) is 0 Å². The number of aromatic nitrogens is 1. The molecule has 1 saturated carbocycles. The highest BCUT2D eigenvalue weighted by molar-refractivity contribution is 6.36. The maximum atomic E-state index is 12.4. The fraction of sp³-hybridized carbons (Fsp3) is 0.316. The van der Waals surface area contributed by atoms with Gasteiger partial charge in [-0.1, -0.05) is 42.5 Å². The first-order chi connectivity index (χ1) is 12.5. The standard InChI is InChI=1S/C19H19Cl2N3O2/c20-13-6-7-16(15(21)11-13)24-19(26)17-10-12(8-9-22-17)18(25)23-14-4-2-1-3-5-14/h6-11,14H,1-5H2,(H,23,25)(H,24,26). The molecule has 7 heteroatoms. The Morgan fingerprint density at radius 3 is 2.50 bits per heavy atom. The largest absolute Gasteiger partial charge is 0.349 e. The SMILES string of the molecule is O=C(NC1CCCCC1)c1ccnc(C(=O)Nc2ccc(Cl)cc2Cl)c1. The zero-order chi connectivity index (χ0) is 18.5. The lowest BCUT2D eigenvalue weighted by Crippen LogP contribution is -2.36. The predicted octanol–water partition coefficient (Wildman–Crippen LogP) is 4.70. The van der Waals surface area contributed by atoms with E-state index in [0.29, 0.717) is 21.3 Å². The van der Waals surface area contributed by atoms with Gasteiger partial charge in [-0.2, -0.15) is 0 Å². The van der Waals surface area contributed by atoms with Crippen LogP contribution in [0.15, 0.2) is 36.5 Å². The molecule has 2 N–H and O–H groups in total. The molecule has 0 aliphatic heterocycles. The van der Waals surface area contributed by atoms with Gasteiger partial charge >= 0.3 is 0 Å². The molecule has 2 amide bonds. The maximum absolute atomic E-state index is 12.4. The van der Waals surface area contributed by atoms with Crippen LogP contribution < -0.4 is 10.6 Å². The lowest BCUT2D eigenvalue weighted by molar-refractivity contribution is 0.0927. The van der Waals surface area contributed by atoms with Crippen LogP contribution in [0.5, 0.6) is 0 Å². The highest BCUT2D eigenvalue weighted by atomic mass is 35.5. The fourth-order valence-corrected chi connectivity index (χ4v) is 3.44. The van der Waals surface area contributed by atoms with Crippen LogP contribution in [0.1, 0.15) is 53.0 Å². The van der Waals surface area contributed by atoms with Crippen molar-refractivity contribution in [3.63, 3.8) is 0 Å². The van der Waals surface area contributed by atoms with Gasteiger partial charge in [0.05, 0.1) is 10.7 Å². The average molecular weight is 392 g/mol. The average Bonchev–Trinajstić information content (AvgIpc) is 2.65. The number of benzene rings is 1. The smallest absolute Gasteiger partial charge is 0.274 e. The van der Waals surface area contributed by atoms with E-state index in [4.69, 9.17) is 23.2 Å². The first-order valence-electron chi connectivity index (χ1n) is 8.56. The second-order valence-corrected chi connectivity index (χ2v) is 7.16. The van der Waals surface area contributed by atoms with Crippen LogP contribution in [-0.2, 0) is 0 Å². The van der Waals surface area contributed by atoms with Crippen molar-refractivity contribution in [1.82, 2.24) is 10.3 Å². The van der Waals surface area contributed by atoms with E-state index >= 15 is 0 Å². The summed E-state index contributed by atoms with van der Waals surface area (Å²) in [5.74, 6) is -0.626. The molecule has 5 nitrogen and oxygen atoms in total. The Morgan fingerprint density at radius 2 is 1.77 bits per heavy atom. The molecule has 136 valence electrons. The Bertz CT molecular complexity index is 820. The lowest BCUT2D eigenvalue weighted by Gasteiger charge is -2.22. The van der Waals surface area contributed by atoms with E-state index in [-0.39, 0.29) is 17.6 Å². The monoisotopic (exact) mass is 391 g/mol. The first kappa shape index (κ1) is 18.7. The van der Waals surface area contributed by atoms with E-state index in [9.17, 15) is 9.59 Å². The molecule has 0 unspecified atom stereocenters. The van der Waals surface area contributed by atoms with Crippen LogP contribution in [0.3, 0.4) is 0 Å². The lowest BCUT2D eigenvalue weighted by atomic mass is 9.95. The molecule has 1 fully saturated rings. The van der Waals surface area contributed by atoms with Crippen LogP contribution in [0.4, 0.5) is 5.69 Å². The van der Waals surface area contributed by atoms with Gasteiger partial charge in [-0.25, -0.2) is 0 Å². The van der Waals surface area contributed by atoms with Crippen molar-refractivity contribution < 1.29 is 9.59 Å². The molecule has 2 aromatic rings. The number of halogens is 2. The number of hydrogen-bond donors (Lipinski definition) is 2. The number of nitrogens with one attached hydrogen (secondary N) is 2. The summed E-state index contributed by atoms with van der Waals surface area (Å²) in [5, 5.41) is 6.52. The van der Waals surface area contributed by atoms with E-state index in [1.807, 2.05) is 0 Å². The number of rotatable bonds is 4. The van der Waals surface area contributed by atoms with Gasteiger partial charge in [0.2, 0.25) is 0 Å². The number of carbonyl (C=O) groups is 2. The molecule has 0 spiro atoms. The molecule has 1 aliphatic rings. The molecule has 0 saturated heterocycles. The highest BCUT2D eigenvalue weighted by Crippen LogP contribution is 2.25. The van der Waals surface area contributed by atoms with Crippen molar-refractivity contribution in [2.45, 2.75) is 38.1 Å². The number of pyridine rings is 1. The van der Waals surface area contributed by atoms with Gasteiger partial charge in [-0.15, -0.1) is 0 Å². The van der Waals surface area contributed by atoms with Gasteiger partial charge in [0, 0.05) is 22.8 Å². The quantitative estimate of drug-likeness (QED) is 0.792. The summed E-state index contributed by atoms with van der Waals surface area (Å²) in [6.45, 7) is 0. The Hall–Kier alpha value is -2.11. The van der Waals surface area contributed by atoms with Gasteiger partial charge in [0.25, 0.3) is 11.8 Å². The van der Waals surface area contributed by atoms with Gasteiger partial charge < -0.3 is 10.6 Å².